The van der Waals surface area contributed by atoms with Crippen LogP contribution in [0.25, 0.3) is 0 Å². The third-order valence-corrected chi connectivity index (χ3v) is 4.64. The molecule has 0 unspecified atom stereocenters. The molecule has 0 spiro atoms. The Morgan fingerprint density at radius 2 is 2.04 bits per heavy atom. The molecular weight excluding hydrogens is 365 g/mol. The molecule has 25 heavy (non-hydrogen) atoms. The number of hydrogen-bond acceptors (Lipinski definition) is 5. The van der Waals surface area contributed by atoms with Crippen LogP contribution in [0.5, 0.6) is 0 Å². The monoisotopic (exact) mass is 382 g/mol. The molecule has 1 atom stereocenters. The first-order chi connectivity index (χ1) is 11.7. The Hall–Kier alpha value is -1.69. The van der Waals surface area contributed by atoms with Crippen molar-refractivity contribution < 1.29 is 35.9 Å². The van der Waals surface area contributed by atoms with Crippen molar-refractivity contribution in [3.63, 3.8) is 0 Å². The van der Waals surface area contributed by atoms with Crippen molar-refractivity contribution in [3.8, 4) is 0 Å². The molecule has 0 radical (unpaired) electrons. The van der Waals surface area contributed by atoms with Crippen LogP contribution in [0.4, 0.5) is 13.2 Å². The lowest BCUT2D eigenvalue weighted by molar-refractivity contribution is -0.121. The Labute approximate surface area is 142 Å². The number of nitrogens with one attached hydrogen (secondary N) is 2. The maximum absolute atomic E-state index is 12.2. The van der Waals surface area contributed by atoms with Gasteiger partial charge in [0.05, 0.1) is 30.8 Å². The first kappa shape index (κ1) is 19.6. The smallest absolute Gasteiger partial charge is 0.376 e. The molecule has 11 heteroatoms. The molecule has 2 N–H and O–H groups in total. The molecule has 1 aromatic rings. The van der Waals surface area contributed by atoms with E-state index in [1.165, 1.54) is 16.9 Å². The molecule has 0 aliphatic carbocycles. The van der Waals surface area contributed by atoms with Crippen LogP contribution >= 0.6 is 0 Å². The van der Waals surface area contributed by atoms with Gasteiger partial charge < -0.3 is 14.8 Å². The summed E-state index contributed by atoms with van der Waals surface area (Å²) in [4.78, 5) is 11.7. The number of halogens is 3. The van der Waals surface area contributed by atoms with E-state index in [9.17, 15) is 26.4 Å². The van der Waals surface area contributed by atoms with Gasteiger partial charge in [-0.2, -0.15) is 13.2 Å². The van der Waals surface area contributed by atoms with Gasteiger partial charge in [0.1, 0.15) is 6.54 Å². The van der Waals surface area contributed by atoms with Gasteiger partial charge in [-0.15, -0.1) is 0 Å². The molecule has 140 valence electrons. The van der Waals surface area contributed by atoms with Crippen LogP contribution in [0.1, 0.15) is 10.4 Å². The third kappa shape index (κ3) is 6.27. The summed E-state index contributed by atoms with van der Waals surface area (Å²) in [5, 5.41) is 2.56. The topological polar surface area (TPSA) is 93.7 Å². The molecule has 1 saturated heterocycles. The molecule has 0 saturated carbocycles. The number of rotatable bonds is 6. The third-order valence-electron chi connectivity index (χ3n) is 3.24. The van der Waals surface area contributed by atoms with Crippen LogP contribution in [-0.4, -0.2) is 59.5 Å². The van der Waals surface area contributed by atoms with Crippen molar-refractivity contribution >= 4 is 15.9 Å². The second kappa shape index (κ2) is 8.13. The minimum absolute atomic E-state index is 0.00612. The molecule has 0 bridgehead atoms. The molecule has 7 nitrogen and oxygen atoms in total. The predicted molar refractivity (Wildman–Crippen MR) is 80.6 cm³/mol. The zero-order chi connectivity index (χ0) is 18.5. The maximum Gasteiger partial charge on any atom is 0.402 e. The SMILES string of the molecule is O=C(NC[C@H]1COCCO1)c1cccc(S(=O)(=O)NCC(F)(F)F)c1. The molecule has 0 aromatic heterocycles. The summed E-state index contributed by atoms with van der Waals surface area (Å²) in [6.45, 7) is -0.294. The van der Waals surface area contributed by atoms with E-state index < -0.39 is 33.5 Å². The highest BCUT2D eigenvalue weighted by molar-refractivity contribution is 7.89. The highest BCUT2D eigenvalue weighted by Gasteiger charge is 2.30. The van der Waals surface area contributed by atoms with Gasteiger partial charge in [-0.25, -0.2) is 13.1 Å². The van der Waals surface area contributed by atoms with Gasteiger partial charge >= 0.3 is 6.18 Å². The maximum atomic E-state index is 12.2. The minimum Gasteiger partial charge on any atom is -0.376 e. The number of sulfonamides is 1. The largest absolute Gasteiger partial charge is 0.402 e. The number of hydrogen-bond donors (Lipinski definition) is 2. The summed E-state index contributed by atoms with van der Waals surface area (Å²) < 4.78 is 72.3. The van der Waals surface area contributed by atoms with Crippen molar-refractivity contribution in [1.82, 2.24) is 10.0 Å². The number of alkyl halides is 3. The summed E-state index contributed by atoms with van der Waals surface area (Å²) in [7, 11) is -4.38. The summed E-state index contributed by atoms with van der Waals surface area (Å²) in [6.07, 6.45) is -4.98. The van der Waals surface area contributed by atoms with Gasteiger partial charge in [-0.3, -0.25) is 4.79 Å². The first-order valence-electron chi connectivity index (χ1n) is 7.31. The Balaban J connectivity index is 2.00. The molecule has 2 rings (SSSR count). The Morgan fingerprint density at radius 3 is 2.68 bits per heavy atom. The second-order valence-electron chi connectivity index (χ2n) is 5.25. The van der Waals surface area contributed by atoms with E-state index in [1.54, 1.807) is 0 Å². The second-order valence-corrected chi connectivity index (χ2v) is 7.01. The fourth-order valence-electron chi connectivity index (χ4n) is 2.03. The van der Waals surface area contributed by atoms with Crippen molar-refractivity contribution in [2.75, 3.05) is 32.9 Å². The van der Waals surface area contributed by atoms with Gasteiger partial charge in [0.25, 0.3) is 5.91 Å². The Morgan fingerprint density at radius 1 is 1.28 bits per heavy atom. The van der Waals surface area contributed by atoms with Crippen molar-refractivity contribution in [1.29, 1.82) is 0 Å². The summed E-state index contributed by atoms with van der Waals surface area (Å²) >= 11 is 0. The molecule has 1 aromatic carbocycles. The molecule has 1 amide bonds. The highest BCUT2D eigenvalue weighted by Crippen LogP contribution is 2.16. The van der Waals surface area contributed by atoms with E-state index in [0.29, 0.717) is 19.8 Å². The lowest BCUT2D eigenvalue weighted by Crippen LogP contribution is -2.39. The summed E-state index contributed by atoms with van der Waals surface area (Å²) in [6, 6.07) is 4.74. The summed E-state index contributed by atoms with van der Waals surface area (Å²) in [5.74, 6) is -0.568. The quantitative estimate of drug-likeness (QED) is 0.755. The van der Waals surface area contributed by atoms with Crippen LogP contribution in [0.2, 0.25) is 0 Å². The zero-order valence-corrected chi connectivity index (χ0v) is 13.8. The normalized spacial score (nSPS) is 18.8. The van der Waals surface area contributed by atoms with E-state index in [2.05, 4.69) is 5.32 Å². The average Bonchev–Trinajstić information content (AvgIpc) is 2.58. The van der Waals surface area contributed by atoms with Gasteiger partial charge in [-0.05, 0) is 18.2 Å². The van der Waals surface area contributed by atoms with Crippen LogP contribution in [0.3, 0.4) is 0 Å². The van der Waals surface area contributed by atoms with Gasteiger partial charge in [0, 0.05) is 12.1 Å². The Bertz CT molecular complexity index is 703. The Kier molecular flexibility index (Phi) is 6.38. The van der Waals surface area contributed by atoms with Crippen LogP contribution in [-0.2, 0) is 19.5 Å². The molecule has 1 heterocycles. The van der Waals surface area contributed by atoms with Crippen LogP contribution < -0.4 is 10.0 Å². The number of amides is 1. The molecule has 1 aliphatic rings. The minimum atomic E-state index is -4.68. The lowest BCUT2D eigenvalue weighted by Gasteiger charge is -2.23. The van der Waals surface area contributed by atoms with E-state index in [-0.39, 0.29) is 18.2 Å². The van der Waals surface area contributed by atoms with E-state index in [0.717, 1.165) is 12.1 Å². The first-order valence-corrected chi connectivity index (χ1v) is 8.80. The molecule has 1 fully saturated rings. The zero-order valence-electron chi connectivity index (χ0n) is 13.0. The van der Waals surface area contributed by atoms with Crippen molar-refractivity contribution in [3.05, 3.63) is 29.8 Å². The van der Waals surface area contributed by atoms with E-state index in [1.807, 2.05) is 0 Å². The number of carbonyl (C=O) groups is 1. The molecular formula is C14H17F3N2O5S. The van der Waals surface area contributed by atoms with Gasteiger partial charge in [0.2, 0.25) is 10.0 Å². The standard InChI is InChI=1S/C14H17F3N2O5S/c15-14(16,17)9-19-25(21,22)12-3-1-2-10(6-12)13(20)18-7-11-8-23-4-5-24-11/h1-3,6,11,19H,4-5,7-9H2,(H,18,20)/t11-/m0/s1. The lowest BCUT2D eigenvalue weighted by atomic mass is 10.2. The van der Waals surface area contributed by atoms with Gasteiger partial charge in [0.15, 0.2) is 0 Å². The average molecular weight is 382 g/mol. The summed E-state index contributed by atoms with van der Waals surface area (Å²) in [5.41, 5.74) is 0.00612. The predicted octanol–water partition coefficient (Wildman–Crippen LogP) is 0.672. The van der Waals surface area contributed by atoms with Crippen molar-refractivity contribution in [2.45, 2.75) is 17.2 Å². The number of ether oxygens (including phenoxy) is 2. The molecule has 1 aliphatic heterocycles. The van der Waals surface area contributed by atoms with E-state index in [4.69, 9.17) is 9.47 Å². The number of carbonyl (C=O) groups excluding carboxylic acids is 1. The van der Waals surface area contributed by atoms with Crippen molar-refractivity contribution in [2.24, 2.45) is 0 Å². The fraction of sp³-hybridized carbons (Fsp3) is 0.500. The fourth-order valence-corrected chi connectivity index (χ4v) is 3.09. The van der Waals surface area contributed by atoms with E-state index >= 15 is 0 Å². The van der Waals surface area contributed by atoms with Crippen LogP contribution in [0.15, 0.2) is 29.2 Å². The highest BCUT2D eigenvalue weighted by atomic mass is 32.2. The van der Waals surface area contributed by atoms with Crippen LogP contribution in [0, 0.1) is 0 Å². The number of benzene rings is 1. The van der Waals surface area contributed by atoms with Gasteiger partial charge in [-0.1, -0.05) is 6.07 Å².